The van der Waals surface area contributed by atoms with E-state index in [1.807, 2.05) is 24.6 Å². The minimum atomic E-state index is -0.0572. The third kappa shape index (κ3) is 5.42. The van der Waals surface area contributed by atoms with Crippen molar-refractivity contribution in [2.45, 2.75) is 47.2 Å². The van der Waals surface area contributed by atoms with Gasteiger partial charge in [-0.3, -0.25) is 14.4 Å². The van der Waals surface area contributed by atoms with Crippen LogP contribution in [0.2, 0.25) is 0 Å². The van der Waals surface area contributed by atoms with Crippen LogP contribution in [0.3, 0.4) is 0 Å². The minimum absolute atomic E-state index is 0.0572. The van der Waals surface area contributed by atoms with Crippen molar-refractivity contribution < 1.29 is 4.79 Å². The molecular formula is C26H34N4O. The molecule has 0 aliphatic rings. The summed E-state index contributed by atoms with van der Waals surface area (Å²) in [5, 5.41) is 7.83. The molecule has 2 aromatic carbocycles. The predicted octanol–water partition coefficient (Wildman–Crippen LogP) is 4.67. The van der Waals surface area contributed by atoms with Gasteiger partial charge < -0.3 is 5.32 Å². The maximum atomic E-state index is 13.1. The average Bonchev–Trinajstić information content (AvgIpc) is 3.06. The van der Waals surface area contributed by atoms with Gasteiger partial charge >= 0.3 is 0 Å². The summed E-state index contributed by atoms with van der Waals surface area (Å²) >= 11 is 0. The summed E-state index contributed by atoms with van der Waals surface area (Å²) in [5.41, 5.74) is 5.97. The summed E-state index contributed by atoms with van der Waals surface area (Å²) in [6.45, 7) is 13.4. The van der Waals surface area contributed by atoms with E-state index in [-0.39, 0.29) is 11.9 Å². The molecule has 5 nitrogen and oxygen atoms in total. The van der Waals surface area contributed by atoms with Crippen LogP contribution in [0.25, 0.3) is 0 Å². The van der Waals surface area contributed by atoms with Crippen LogP contribution in [0.4, 0.5) is 0 Å². The molecule has 31 heavy (non-hydrogen) atoms. The zero-order valence-corrected chi connectivity index (χ0v) is 19.4. The Kier molecular flexibility index (Phi) is 7.64. The molecule has 3 aromatic rings. The van der Waals surface area contributed by atoms with Crippen LogP contribution in [0, 0.1) is 20.8 Å². The second-order valence-electron chi connectivity index (χ2n) is 8.05. The van der Waals surface area contributed by atoms with Crippen molar-refractivity contribution in [3.05, 3.63) is 88.2 Å². The molecule has 1 aromatic heterocycles. The highest BCUT2D eigenvalue weighted by molar-refractivity contribution is 5.96. The van der Waals surface area contributed by atoms with E-state index in [4.69, 9.17) is 0 Å². The Bertz CT molecular complexity index is 988. The molecular weight excluding hydrogens is 384 g/mol. The van der Waals surface area contributed by atoms with Crippen LogP contribution in [-0.4, -0.2) is 40.2 Å². The van der Waals surface area contributed by atoms with Crippen LogP contribution >= 0.6 is 0 Å². The average molecular weight is 419 g/mol. The molecule has 3 rings (SSSR count). The van der Waals surface area contributed by atoms with Gasteiger partial charge in [-0.05, 0) is 45.0 Å². The number of benzene rings is 2. The summed E-state index contributed by atoms with van der Waals surface area (Å²) in [6.07, 6.45) is 0. The Morgan fingerprint density at radius 3 is 2.26 bits per heavy atom. The third-order valence-electron chi connectivity index (χ3n) is 5.95. The van der Waals surface area contributed by atoms with E-state index in [1.54, 1.807) is 0 Å². The number of likely N-dealkylation sites (N-methyl/N-ethyl adjacent to an activating group) is 1. The fraction of sp³-hybridized carbons (Fsp3) is 0.385. The van der Waals surface area contributed by atoms with E-state index in [0.717, 1.165) is 24.5 Å². The molecule has 0 saturated carbocycles. The minimum Gasteiger partial charge on any atom is -0.350 e. The van der Waals surface area contributed by atoms with Gasteiger partial charge in [-0.1, -0.05) is 74.0 Å². The SMILES string of the molecule is CCN(CC)C(CNC(=O)c1c(C)nn(Cc2ccc(C)cc2)c1C)c1ccccc1. The number of aryl methyl sites for hydroxylation is 2. The van der Waals surface area contributed by atoms with E-state index in [2.05, 4.69) is 84.6 Å². The number of amides is 1. The molecule has 0 aliphatic carbocycles. The summed E-state index contributed by atoms with van der Waals surface area (Å²) in [5.74, 6) is -0.0572. The van der Waals surface area contributed by atoms with Crippen molar-refractivity contribution in [3.8, 4) is 0 Å². The van der Waals surface area contributed by atoms with Crippen LogP contribution in [0.1, 0.15) is 58.3 Å². The van der Waals surface area contributed by atoms with Gasteiger partial charge in [0.2, 0.25) is 0 Å². The molecule has 1 N–H and O–H groups in total. The van der Waals surface area contributed by atoms with E-state index in [1.165, 1.54) is 16.7 Å². The fourth-order valence-corrected chi connectivity index (χ4v) is 4.12. The number of aromatic nitrogens is 2. The molecule has 0 radical (unpaired) electrons. The number of hydrogen-bond donors (Lipinski definition) is 1. The summed E-state index contributed by atoms with van der Waals surface area (Å²) < 4.78 is 1.92. The van der Waals surface area contributed by atoms with E-state index < -0.39 is 0 Å². The predicted molar refractivity (Wildman–Crippen MR) is 126 cm³/mol. The largest absolute Gasteiger partial charge is 0.350 e. The monoisotopic (exact) mass is 418 g/mol. The number of nitrogens with one attached hydrogen (secondary N) is 1. The second-order valence-corrected chi connectivity index (χ2v) is 8.05. The van der Waals surface area contributed by atoms with E-state index >= 15 is 0 Å². The Balaban J connectivity index is 1.76. The van der Waals surface area contributed by atoms with Gasteiger partial charge in [0.05, 0.1) is 23.8 Å². The van der Waals surface area contributed by atoms with Gasteiger partial charge in [-0.15, -0.1) is 0 Å². The smallest absolute Gasteiger partial charge is 0.255 e. The Morgan fingerprint density at radius 1 is 1.00 bits per heavy atom. The molecule has 0 bridgehead atoms. The van der Waals surface area contributed by atoms with Crippen molar-refractivity contribution >= 4 is 5.91 Å². The molecule has 1 unspecified atom stereocenters. The van der Waals surface area contributed by atoms with Gasteiger partial charge in [0.1, 0.15) is 0 Å². The quantitative estimate of drug-likeness (QED) is 0.549. The van der Waals surface area contributed by atoms with Crippen molar-refractivity contribution in [1.29, 1.82) is 0 Å². The zero-order valence-electron chi connectivity index (χ0n) is 19.4. The molecule has 0 fully saturated rings. The normalized spacial score (nSPS) is 12.2. The Morgan fingerprint density at radius 2 is 1.65 bits per heavy atom. The second kappa shape index (κ2) is 10.4. The van der Waals surface area contributed by atoms with E-state index in [9.17, 15) is 4.79 Å². The van der Waals surface area contributed by atoms with Crippen LogP contribution in [-0.2, 0) is 6.54 Å². The van der Waals surface area contributed by atoms with Gasteiger partial charge in [-0.25, -0.2) is 0 Å². The van der Waals surface area contributed by atoms with Crippen LogP contribution < -0.4 is 5.32 Å². The molecule has 164 valence electrons. The van der Waals surface area contributed by atoms with Crippen molar-refractivity contribution in [3.63, 3.8) is 0 Å². The molecule has 1 heterocycles. The van der Waals surface area contributed by atoms with E-state index in [0.29, 0.717) is 18.7 Å². The number of carbonyl (C=O) groups excluding carboxylic acids is 1. The maximum absolute atomic E-state index is 13.1. The van der Waals surface area contributed by atoms with Gasteiger partial charge in [0, 0.05) is 12.2 Å². The first-order valence-corrected chi connectivity index (χ1v) is 11.1. The van der Waals surface area contributed by atoms with Crippen molar-refractivity contribution in [2.75, 3.05) is 19.6 Å². The topological polar surface area (TPSA) is 50.2 Å². The standard InChI is InChI=1S/C26H34N4O/c1-6-29(7-2)24(23-11-9-8-10-12-23)17-27-26(31)25-20(4)28-30(21(25)5)18-22-15-13-19(3)14-16-22/h8-16,24H,6-7,17-18H2,1-5H3,(H,27,31). The number of nitrogens with zero attached hydrogens (tertiary/aromatic N) is 3. The first-order chi connectivity index (χ1) is 14.9. The molecule has 5 heteroatoms. The Hall–Kier alpha value is -2.92. The Labute approximate surface area is 186 Å². The van der Waals surface area contributed by atoms with Gasteiger partial charge in [0.15, 0.2) is 0 Å². The highest BCUT2D eigenvalue weighted by atomic mass is 16.1. The van der Waals surface area contributed by atoms with Crippen molar-refractivity contribution in [2.24, 2.45) is 0 Å². The zero-order chi connectivity index (χ0) is 22.4. The van der Waals surface area contributed by atoms with Crippen LogP contribution in [0.15, 0.2) is 54.6 Å². The first-order valence-electron chi connectivity index (χ1n) is 11.1. The maximum Gasteiger partial charge on any atom is 0.255 e. The van der Waals surface area contributed by atoms with Crippen LogP contribution in [0.5, 0.6) is 0 Å². The summed E-state index contributed by atoms with van der Waals surface area (Å²) in [4.78, 5) is 15.5. The lowest BCUT2D eigenvalue weighted by molar-refractivity contribution is 0.0933. The lowest BCUT2D eigenvalue weighted by atomic mass is 10.0. The first kappa shape index (κ1) is 22.8. The molecule has 0 spiro atoms. The highest BCUT2D eigenvalue weighted by Crippen LogP contribution is 2.21. The number of hydrogen-bond acceptors (Lipinski definition) is 3. The highest BCUT2D eigenvalue weighted by Gasteiger charge is 2.22. The van der Waals surface area contributed by atoms with Crippen molar-refractivity contribution in [1.82, 2.24) is 20.0 Å². The lowest BCUT2D eigenvalue weighted by Gasteiger charge is -2.30. The van der Waals surface area contributed by atoms with Gasteiger partial charge in [0.25, 0.3) is 5.91 Å². The fourth-order valence-electron chi connectivity index (χ4n) is 4.12. The third-order valence-corrected chi connectivity index (χ3v) is 5.95. The molecule has 0 saturated heterocycles. The lowest BCUT2D eigenvalue weighted by Crippen LogP contribution is -2.38. The molecule has 1 atom stereocenters. The molecule has 1 amide bonds. The summed E-state index contributed by atoms with van der Waals surface area (Å²) in [6, 6.07) is 19.0. The molecule has 0 aliphatic heterocycles. The number of carbonyl (C=O) groups is 1. The summed E-state index contributed by atoms with van der Waals surface area (Å²) in [7, 11) is 0. The van der Waals surface area contributed by atoms with Gasteiger partial charge in [-0.2, -0.15) is 5.10 Å². The number of rotatable bonds is 9.